The topological polar surface area (TPSA) is 42.0 Å². The summed E-state index contributed by atoms with van der Waals surface area (Å²) in [4.78, 5) is 15.7. The zero-order chi connectivity index (χ0) is 11.5. The highest BCUT2D eigenvalue weighted by molar-refractivity contribution is 5.69. The van der Waals surface area contributed by atoms with Gasteiger partial charge in [0.2, 0.25) is 0 Å². The summed E-state index contributed by atoms with van der Waals surface area (Å²) in [6.45, 7) is 3.28. The maximum absolute atomic E-state index is 11.8. The summed E-state index contributed by atoms with van der Waals surface area (Å²) in [5.74, 6) is 0. The predicted octanol–water partition coefficient (Wildman–Crippen LogP) is 0.548. The molecule has 0 aromatic rings. The van der Waals surface area contributed by atoms with Gasteiger partial charge in [-0.25, -0.2) is 4.79 Å². The molecular formula is C11H20N2O3. The number of rotatable bonds is 3. The number of carbonyl (C=O) groups is 1. The van der Waals surface area contributed by atoms with Crippen molar-refractivity contribution in [1.29, 1.82) is 0 Å². The van der Waals surface area contributed by atoms with Gasteiger partial charge in [-0.2, -0.15) is 0 Å². The van der Waals surface area contributed by atoms with E-state index in [1.54, 1.807) is 12.0 Å². The van der Waals surface area contributed by atoms with Crippen LogP contribution in [0.2, 0.25) is 0 Å². The molecular weight excluding hydrogens is 208 g/mol. The Kier molecular flexibility index (Phi) is 3.66. The van der Waals surface area contributed by atoms with Gasteiger partial charge in [0.15, 0.2) is 0 Å². The molecule has 0 radical (unpaired) electrons. The molecule has 2 saturated heterocycles. The third kappa shape index (κ3) is 2.47. The number of hydrogen-bond acceptors (Lipinski definition) is 4. The molecule has 2 aliphatic heterocycles. The molecule has 1 amide bonds. The van der Waals surface area contributed by atoms with Gasteiger partial charge in [-0.15, -0.1) is 0 Å². The lowest BCUT2D eigenvalue weighted by molar-refractivity contribution is -0.000541. The molecule has 0 aromatic heterocycles. The van der Waals surface area contributed by atoms with Crippen LogP contribution in [-0.4, -0.2) is 68.4 Å². The standard InChI is InChI=1S/C11H20N2O3/c1-12-5-4-10(7-12)16-11(14)13-6-3-9(13)8-15-2/h9-10H,3-8H2,1-2H3. The summed E-state index contributed by atoms with van der Waals surface area (Å²) in [5.41, 5.74) is 0. The molecule has 0 saturated carbocycles. The second-order valence-corrected chi connectivity index (χ2v) is 4.65. The Hall–Kier alpha value is -0.810. The van der Waals surface area contributed by atoms with E-state index >= 15 is 0 Å². The molecule has 2 heterocycles. The number of ether oxygens (including phenoxy) is 2. The number of likely N-dealkylation sites (N-methyl/N-ethyl adjacent to an activating group) is 1. The Bertz CT molecular complexity index is 260. The summed E-state index contributed by atoms with van der Waals surface area (Å²) in [6.07, 6.45) is 1.87. The molecule has 2 rings (SSSR count). The summed E-state index contributed by atoms with van der Waals surface area (Å²) in [7, 11) is 3.71. The summed E-state index contributed by atoms with van der Waals surface area (Å²) >= 11 is 0. The quantitative estimate of drug-likeness (QED) is 0.707. The van der Waals surface area contributed by atoms with Crippen LogP contribution in [0, 0.1) is 0 Å². The van der Waals surface area contributed by atoms with Crippen LogP contribution in [0.3, 0.4) is 0 Å². The SMILES string of the molecule is COCC1CCN1C(=O)OC1CCN(C)C1. The van der Waals surface area contributed by atoms with Crippen molar-refractivity contribution in [2.45, 2.75) is 25.0 Å². The molecule has 2 fully saturated rings. The summed E-state index contributed by atoms with van der Waals surface area (Å²) in [6, 6.07) is 0.219. The second-order valence-electron chi connectivity index (χ2n) is 4.65. The third-order valence-electron chi connectivity index (χ3n) is 3.35. The Balaban J connectivity index is 1.75. The van der Waals surface area contributed by atoms with Gasteiger partial charge in [0.05, 0.1) is 12.6 Å². The number of likely N-dealkylation sites (tertiary alicyclic amines) is 2. The number of amides is 1. The Labute approximate surface area is 96.3 Å². The lowest BCUT2D eigenvalue weighted by atomic mass is 10.1. The molecule has 5 nitrogen and oxygen atoms in total. The van der Waals surface area contributed by atoms with Crippen molar-refractivity contribution >= 4 is 6.09 Å². The molecule has 16 heavy (non-hydrogen) atoms. The average Bonchev–Trinajstić information content (AvgIpc) is 2.58. The minimum absolute atomic E-state index is 0.0706. The molecule has 92 valence electrons. The minimum atomic E-state index is -0.173. The highest BCUT2D eigenvalue weighted by atomic mass is 16.6. The van der Waals surface area contributed by atoms with Crippen LogP contribution < -0.4 is 0 Å². The van der Waals surface area contributed by atoms with Gasteiger partial charge >= 0.3 is 6.09 Å². The number of methoxy groups -OCH3 is 1. The van der Waals surface area contributed by atoms with E-state index in [2.05, 4.69) is 4.90 Å². The first-order valence-electron chi connectivity index (χ1n) is 5.85. The molecule has 0 N–H and O–H groups in total. The van der Waals surface area contributed by atoms with Crippen LogP contribution in [-0.2, 0) is 9.47 Å². The van der Waals surface area contributed by atoms with Crippen molar-refractivity contribution in [3.63, 3.8) is 0 Å². The van der Waals surface area contributed by atoms with E-state index in [1.807, 2.05) is 7.05 Å². The van der Waals surface area contributed by atoms with Gasteiger partial charge in [-0.05, 0) is 19.9 Å². The Morgan fingerprint density at radius 3 is 2.69 bits per heavy atom. The van der Waals surface area contributed by atoms with Gasteiger partial charge in [-0.1, -0.05) is 0 Å². The minimum Gasteiger partial charge on any atom is -0.445 e. The van der Waals surface area contributed by atoms with Crippen LogP contribution in [0.15, 0.2) is 0 Å². The Morgan fingerprint density at radius 1 is 1.38 bits per heavy atom. The maximum atomic E-state index is 11.8. The van der Waals surface area contributed by atoms with E-state index in [1.165, 1.54) is 0 Å². The highest BCUT2D eigenvalue weighted by Gasteiger charge is 2.35. The summed E-state index contributed by atoms with van der Waals surface area (Å²) < 4.78 is 10.5. The smallest absolute Gasteiger partial charge is 0.410 e. The van der Waals surface area contributed by atoms with E-state index < -0.39 is 0 Å². The van der Waals surface area contributed by atoms with Gasteiger partial charge in [0.25, 0.3) is 0 Å². The van der Waals surface area contributed by atoms with Gasteiger partial charge in [0.1, 0.15) is 6.10 Å². The largest absolute Gasteiger partial charge is 0.445 e. The van der Waals surface area contributed by atoms with E-state index in [0.717, 1.165) is 32.5 Å². The normalized spacial score (nSPS) is 30.2. The average molecular weight is 228 g/mol. The molecule has 0 aliphatic carbocycles. The van der Waals surface area contributed by atoms with Crippen LogP contribution >= 0.6 is 0 Å². The van der Waals surface area contributed by atoms with E-state index in [0.29, 0.717) is 6.61 Å². The molecule has 0 aromatic carbocycles. The summed E-state index contributed by atoms with van der Waals surface area (Å²) in [5, 5.41) is 0. The van der Waals surface area contributed by atoms with E-state index in [-0.39, 0.29) is 18.2 Å². The zero-order valence-electron chi connectivity index (χ0n) is 10.0. The molecule has 0 bridgehead atoms. The Morgan fingerprint density at radius 2 is 2.19 bits per heavy atom. The molecule has 2 atom stereocenters. The zero-order valence-corrected chi connectivity index (χ0v) is 10.0. The van der Waals surface area contributed by atoms with Crippen molar-refractivity contribution in [3.8, 4) is 0 Å². The van der Waals surface area contributed by atoms with Crippen LogP contribution in [0.4, 0.5) is 4.79 Å². The maximum Gasteiger partial charge on any atom is 0.410 e. The fourth-order valence-corrected chi connectivity index (χ4v) is 2.25. The molecule has 2 unspecified atom stereocenters. The van der Waals surface area contributed by atoms with Crippen molar-refractivity contribution in [3.05, 3.63) is 0 Å². The van der Waals surface area contributed by atoms with E-state index in [9.17, 15) is 4.79 Å². The van der Waals surface area contributed by atoms with Crippen molar-refractivity contribution in [1.82, 2.24) is 9.80 Å². The van der Waals surface area contributed by atoms with Gasteiger partial charge < -0.3 is 19.3 Å². The first kappa shape index (κ1) is 11.7. The van der Waals surface area contributed by atoms with Gasteiger partial charge in [0, 0.05) is 26.7 Å². The predicted molar refractivity (Wildman–Crippen MR) is 59.4 cm³/mol. The van der Waals surface area contributed by atoms with Crippen LogP contribution in [0.5, 0.6) is 0 Å². The lowest BCUT2D eigenvalue weighted by Crippen LogP contribution is -2.54. The fourth-order valence-electron chi connectivity index (χ4n) is 2.25. The monoisotopic (exact) mass is 228 g/mol. The first-order chi connectivity index (χ1) is 7.70. The molecule has 0 spiro atoms. The molecule has 5 heteroatoms. The number of nitrogens with zero attached hydrogens (tertiary/aromatic N) is 2. The number of carbonyl (C=O) groups excluding carboxylic acids is 1. The van der Waals surface area contributed by atoms with Crippen molar-refractivity contribution in [2.75, 3.05) is 40.4 Å². The first-order valence-corrected chi connectivity index (χ1v) is 5.85. The fraction of sp³-hybridized carbons (Fsp3) is 0.909. The number of hydrogen-bond donors (Lipinski definition) is 0. The van der Waals surface area contributed by atoms with Crippen LogP contribution in [0.25, 0.3) is 0 Å². The molecule has 2 aliphatic rings. The third-order valence-corrected chi connectivity index (χ3v) is 3.35. The highest BCUT2D eigenvalue weighted by Crippen LogP contribution is 2.20. The second kappa shape index (κ2) is 5.01. The van der Waals surface area contributed by atoms with Crippen molar-refractivity contribution < 1.29 is 14.3 Å². The van der Waals surface area contributed by atoms with Crippen LogP contribution in [0.1, 0.15) is 12.8 Å². The van der Waals surface area contributed by atoms with E-state index in [4.69, 9.17) is 9.47 Å². The van der Waals surface area contributed by atoms with Crippen molar-refractivity contribution in [2.24, 2.45) is 0 Å². The lowest BCUT2D eigenvalue weighted by Gasteiger charge is -2.39. The van der Waals surface area contributed by atoms with Gasteiger partial charge in [-0.3, -0.25) is 0 Å².